The molecule has 0 bridgehead atoms. The van der Waals surface area contributed by atoms with E-state index in [1.165, 1.54) is 57.8 Å². The molecule has 1 saturated carbocycles. The smallest absolute Gasteiger partial charge is 0.315 e. The molecule has 0 spiro atoms. The van der Waals surface area contributed by atoms with Gasteiger partial charge in [-0.25, -0.2) is 4.79 Å². The Balaban J connectivity index is 2.30. The van der Waals surface area contributed by atoms with Crippen molar-refractivity contribution in [2.75, 3.05) is 6.54 Å². The van der Waals surface area contributed by atoms with Crippen LogP contribution in [0, 0.1) is 11.3 Å². The molecule has 0 heterocycles. The van der Waals surface area contributed by atoms with Crippen molar-refractivity contribution >= 4 is 6.03 Å². The van der Waals surface area contributed by atoms with E-state index in [-0.39, 0.29) is 18.6 Å². The number of rotatable bonds is 2. The molecule has 19 heavy (non-hydrogen) atoms. The molecule has 4 nitrogen and oxygen atoms in total. The van der Waals surface area contributed by atoms with Crippen molar-refractivity contribution in [3.05, 3.63) is 0 Å². The van der Waals surface area contributed by atoms with Crippen molar-refractivity contribution in [1.29, 1.82) is 5.26 Å². The summed E-state index contributed by atoms with van der Waals surface area (Å²) in [6.07, 6.45) is 13.8. The maximum atomic E-state index is 11.6. The highest BCUT2D eigenvalue weighted by Crippen LogP contribution is 2.16. The van der Waals surface area contributed by atoms with Crippen LogP contribution in [0.15, 0.2) is 0 Å². The Morgan fingerprint density at radius 1 is 0.947 bits per heavy atom. The maximum Gasteiger partial charge on any atom is 0.315 e. The monoisotopic (exact) mass is 265 g/mol. The van der Waals surface area contributed by atoms with Crippen LogP contribution in [-0.2, 0) is 0 Å². The van der Waals surface area contributed by atoms with Crippen molar-refractivity contribution in [1.82, 2.24) is 10.6 Å². The number of carbonyl (C=O) groups excluding carboxylic acids is 1. The standard InChI is InChI=1S/C15H27N3O/c16-12-13-17-15(19)18-14-10-8-6-4-2-1-3-5-7-9-11-14/h14H,1-11,13H2,(H2,17,18,19). The molecule has 2 N–H and O–H groups in total. The van der Waals surface area contributed by atoms with Crippen LogP contribution in [0.2, 0.25) is 0 Å². The van der Waals surface area contributed by atoms with Gasteiger partial charge >= 0.3 is 6.03 Å². The molecule has 1 fully saturated rings. The van der Waals surface area contributed by atoms with E-state index >= 15 is 0 Å². The van der Waals surface area contributed by atoms with Crippen LogP contribution in [0.4, 0.5) is 4.79 Å². The van der Waals surface area contributed by atoms with Gasteiger partial charge in [-0.1, -0.05) is 57.8 Å². The molecule has 0 radical (unpaired) electrons. The molecule has 0 aromatic rings. The van der Waals surface area contributed by atoms with Crippen LogP contribution >= 0.6 is 0 Å². The zero-order valence-electron chi connectivity index (χ0n) is 11.9. The van der Waals surface area contributed by atoms with Gasteiger partial charge in [0.1, 0.15) is 6.54 Å². The number of nitrogens with one attached hydrogen (secondary N) is 2. The molecule has 0 unspecified atom stereocenters. The quantitative estimate of drug-likeness (QED) is 0.751. The van der Waals surface area contributed by atoms with Crippen molar-refractivity contribution in [2.45, 2.75) is 76.7 Å². The van der Waals surface area contributed by atoms with Crippen LogP contribution in [0.5, 0.6) is 0 Å². The molecule has 4 heteroatoms. The van der Waals surface area contributed by atoms with Gasteiger partial charge in [-0.05, 0) is 12.8 Å². The second-order valence-corrected chi connectivity index (χ2v) is 5.44. The van der Waals surface area contributed by atoms with Crippen LogP contribution in [0.3, 0.4) is 0 Å². The Morgan fingerprint density at radius 3 is 1.89 bits per heavy atom. The zero-order chi connectivity index (χ0) is 13.8. The number of amides is 2. The summed E-state index contributed by atoms with van der Waals surface area (Å²) in [6, 6.07) is 2.00. The van der Waals surface area contributed by atoms with E-state index in [1.54, 1.807) is 0 Å². The summed E-state index contributed by atoms with van der Waals surface area (Å²) in [6.45, 7) is 0.0819. The van der Waals surface area contributed by atoms with E-state index in [0.717, 1.165) is 12.8 Å². The third-order valence-corrected chi connectivity index (χ3v) is 3.77. The molecule has 1 aliphatic rings. The van der Waals surface area contributed by atoms with Gasteiger partial charge < -0.3 is 10.6 Å². The van der Waals surface area contributed by atoms with Crippen molar-refractivity contribution < 1.29 is 4.79 Å². The topological polar surface area (TPSA) is 64.9 Å². The minimum atomic E-state index is -0.196. The summed E-state index contributed by atoms with van der Waals surface area (Å²) in [5.74, 6) is 0. The fourth-order valence-electron chi connectivity index (χ4n) is 2.66. The second kappa shape index (κ2) is 10.7. The predicted octanol–water partition coefficient (Wildman–Crippen LogP) is 3.48. The zero-order valence-corrected chi connectivity index (χ0v) is 11.9. The minimum Gasteiger partial charge on any atom is -0.335 e. The lowest BCUT2D eigenvalue weighted by atomic mass is 9.98. The summed E-state index contributed by atoms with van der Waals surface area (Å²) in [5, 5.41) is 14.0. The SMILES string of the molecule is N#CCNC(=O)NC1CCCCCCCCCCC1. The Kier molecular flexibility index (Phi) is 8.87. The van der Waals surface area contributed by atoms with Crippen LogP contribution in [0.25, 0.3) is 0 Å². The molecular formula is C15H27N3O. The largest absolute Gasteiger partial charge is 0.335 e. The predicted molar refractivity (Wildman–Crippen MR) is 76.7 cm³/mol. The summed E-state index contributed by atoms with van der Waals surface area (Å²) >= 11 is 0. The van der Waals surface area contributed by atoms with Crippen molar-refractivity contribution in [3.8, 4) is 6.07 Å². The number of carbonyl (C=O) groups is 1. The number of nitrogens with zero attached hydrogens (tertiary/aromatic N) is 1. The molecule has 0 saturated heterocycles. The van der Waals surface area contributed by atoms with Gasteiger partial charge in [-0.3, -0.25) is 0 Å². The van der Waals surface area contributed by atoms with Crippen molar-refractivity contribution in [2.24, 2.45) is 0 Å². The van der Waals surface area contributed by atoms with Crippen LogP contribution in [-0.4, -0.2) is 18.6 Å². The molecule has 2 amide bonds. The van der Waals surface area contributed by atoms with Crippen LogP contribution < -0.4 is 10.6 Å². The van der Waals surface area contributed by atoms with E-state index in [4.69, 9.17) is 5.26 Å². The molecule has 0 aromatic carbocycles. The summed E-state index contributed by atoms with van der Waals surface area (Å²) < 4.78 is 0. The molecule has 0 aromatic heterocycles. The maximum absolute atomic E-state index is 11.6. The Bertz CT molecular complexity index is 274. The first-order valence-corrected chi connectivity index (χ1v) is 7.74. The third kappa shape index (κ3) is 8.47. The van der Waals surface area contributed by atoms with E-state index < -0.39 is 0 Å². The summed E-state index contributed by atoms with van der Waals surface area (Å²) in [7, 11) is 0. The van der Waals surface area contributed by atoms with Gasteiger partial charge in [0.05, 0.1) is 6.07 Å². The fourth-order valence-corrected chi connectivity index (χ4v) is 2.66. The van der Waals surface area contributed by atoms with Gasteiger partial charge in [0.2, 0.25) is 0 Å². The Hall–Kier alpha value is -1.24. The molecule has 1 rings (SSSR count). The van der Waals surface area contributed by atoms with E-state index in [2.05, 4.69) is 10.6 Å². The Morgan fingerprint density at radius 2 is 1.42 bits per heavy atom. The number of urea groups is 1. The second-order valence-electron chi connectivity index (χ2n) is 5.44. The Labute approximate surface area is 116 Å². The minimum absolute atomic E-state index is 0.0819. The molecule has 1 aliphatic carbocycles. The number of hydrogen-bond donors (Lipinski definition) is 2. The normalized spacial score (nSPS) is 19.5. The van der Waals surface area contributed by atoms with E-state index in [9.17, 15) is 4.79 Å². The van der Waals surface area contributed by atoms with Crippen LogP contribution in [0.1, 0.15) is 70.6 Å². The first-order chi connectivity index (χ1) is 9.33. The van der Waals surface area contributed by atoms with Crippen molar-refractivity contribution in [3.63, 3.8) is 0 Å². The first-order valence-electron chi connectivity index (χ1n) is 7.74. The van der Waals surface area contributed by atoms with Gasteiger partial charge in [0.25, 0.3) is 0 Å². The number of nitriles is 1. The molecule has 0 aliphatic heterocycles. The molecule has 108 valence electrons. The summed E-state index contributed by atoms with van der Waals surface area (Å²) in [4.78, 5) is 11.6. The molecular weight excluding hydrogens is 238 g/mol. The average molecular weight is 265 g/mol. The molecule has 0 atom stereocenters. The first kappa shape index (κ1) is 15.8. The highest BCUT2D eigenvalue weighted by atomic mass is 16.2. The lowest BCUT2D eigenvalue weighted by Crippen LogP contribution is -2.42. The lowest BCUT2D eigenvalue weighted by molar-refractivity contribution is 0.235. The highest BCUT2D eigenvalue weighted by Gasteiger charge is 2.12. The average Bonchev–Trinajstić information content (AvgIpc) is 2.39. The summed E-state index contributed by atoms with van der Waals surface area (Å²) in [5.41, 5.74) is 0. The lowest BCUT2D eigenvalue weighted by Gasteiger charge is -2.19. The van der Waals surface area contributed by atoms with Gasteiger partial charge in [0.15, 0.2) is 0 Å². The third-order valence-electron chi connectivity index (χ3n) is 3.77. The van der Waals surface area contributed by atoms with E-state index in [1.807, 2.05) is 6.07 Å². The van der Waals surface area contributed by atoms with Gasteiger partial charge in [-0.2, -0.15) is 5.26 Å². The van der Waals surface area contributed by atoms with Gasteiger partial charge in [-0.15, -0.1) is 0 Å². The highest BCUT2D eigenvalue weighted by molar-refractivity contribution is 5.74. The number of hydrogen-bond acceptors (Lipinski definition) is 2. The van der Waals surface area contributed by atoms with E-state index in [0.29, 0.717) is 0 Å². The fraction of sp³-hybridized carbons (Fsp3) is 0.867. The van der Waals surface area contributed by atoms with Gasteiger partial charge in [0, 0.05) is 6.04 Å².